The highest BCUT2D eigenvalue weighted by Gasteiger charge is 2.38. The molecule has 0 fully saturated rings. The summed E-state index contributed by atoms with van der Waals surface area (Å²) in [5, 5.41) is 2.49. The van der Waals surface area contributed by atoms with Gasteiger partial charge in [-0.05, 0) is 60.2 Å². The van der Waals surface area contributed by atoms with Crippen LogP contribution >= 0.6 is 0 Å². The first-order chi connectivity index (χ1) is 22.8. The van der Waals surface area contributed by atoms with E-state index >= 15 is 0 Å². The molecule has 0 saturated heterocycles. The van der Waals surface area contributed by atoms with Crippen LogP contribution in [0.5, 0.6) is 11.5 Å². The van der Waals surface area contributed by atoms with E-state index in [2.05, 4.69) is 178 Å². The standard InChI is InChI=1S/C42H29N3O/c1-2-12-28(13-3-1)43-39-24-22-29(44-35-18-8-4-14-31(35)32-15-5-9-19-36(32)44)26-41(39)46-42-27-30(23-25-40(42)43)45-37-20-10-6-16-33(37)34-17-7-11-21-38(34)45/h1-27,31,35H. The van der Waals surface area contributed by atoms with Crippen molar-refractivity contribution in [2.24, 2.45) is 0 Å². The van der Waals surface area contributed by atoms with Gasteiger partial charge in [-0.3, -0.25) is 0 Å². The molecule has 0 bridgehead atoms. The van der Waals surface area contributed by atoms with E-state index in [4.69, 9.17) is 4.74 Å². The van der Waals surface area contributed by atoms with Gasteiger partial charge in [-0.25, -0.2) is 0 Å². The van der Waals surface area contributed by atoms with Crippen molar-refractivity contribution in [3.05, 3.63) is 169 Å². The lowest BCUT2D eigenvalue weighted by Gasteiger charge is -2.35. The number of anilines is 5. The Labute approximate surface area is 267 Å². The van der Waals surface area contributed by atoms with Crippen molar-refractivity contribution in [3.63, 3.8) is 0 Å². The van der Waals surface area contributed by atoms with E-state index in [0.717, 1.165) is 39.9 Å². The first kappa shape index (κ1) is 25.3. The van der Waals surface area contributed by atoms with Crippen molar-refractivity contribution in [1.29, 1.82) is 0 Å². The minimum absolute atomic E-state index is 0.225. The quantitative estimate of drug-likeness (QED) is 0.204. The first-order valence-corrected chi connectivity index (χ1v) is 15.9. The molecule has 0 spiro atoms. The van der Waals surface area contributed by atoms with Crippen LogP contribution in [-0.2, 0) is 0 Å². The number of para-hydroxylation sites is 4. The summed E-state index contributed by atoms with van der Waals surface area (Å²) in [6.45, 7) is 0. The monoisotopic (exact) mass is 591 g/mol. The fourth-order valence-corrected chi connectivity index (χ4v) is 7.72. The average Bonchev–Trinajstić information content (AvgIpc) is 3.64. The molecule has 2 atom stereocenters. The summed E-state index contributed by atoms with van der Waals surface area (Å²) < 4.78 is 9.25. The molecule has 0 N–H and O–H groups in total. The Hall–Kier alpha value is -6.00. The molecule has 2 unspecified atom stereocenters. The number of hydrogen-bond acceptors (Lipinski definition) is 3. The van der Waals surface area contributed by atoms with Crippen LogP contribution < -0.4 is 14.5 Å². The maximum atomic E-state index is 6.90. The van der Waals surface area contributed by atoms with E-state index in [9.17, 15) is 0 Å². The molecule has 3 aliphatic rings. The summed E-state index contributed by atoms with van der Waals surface area (Å²) in [6, 6.07) is 50.1. The van der Waals surface area contributed by atoms with Crippen LogP contribution in [0.1, 0.15) is 11.5 Å². The Morgan fingerprint density at radius 2 is 1.09 bits per heavy atom. The van der Waals surface area contributed by atoms with Crippen molar-refractivity contribution in [2.45, 2.75) is 12.0 Å². The molecule has 7 aromatic rings. The summed E-state index contributed by atoms with van der Waals surface area (Å²) in [7, 11) is 0. The molecule has 4 nitrogen and oxygen atoms in total. The van der Waals surface area contributed by atoms with Crippen molar-refractivity contribution in [2.75, 3.05) is 9.80 Å². The van der Waals surface area contributed by atoms with Gasteiger partial charge in [0.1, 0.15) is 0 Å². The zero-order valence-corrected chi connectivity index (χ0v) is 25.0. The minimum atomic E-state index is 0.225. The van der Waals surface area contributed by atoms with Gasteiger partial charge in [0.05, 0.1) is 34.1 Å². The Morgan fingerprint density at radius 1 is 0.478 bits per heavy atom. The molecular formula is C42H29N3O. The summed E-state index contributed by atoms with van der Waals surface area (Å²) in [4.78, 5) is 4.78. The van der Waals surface area contributed by atoms with E-state index in [1.165, 1.54) is 33.1 Å². The van der Waals surface area contributed by atoms with Gasteiger partial charge in [-0.2, -0.15) is 0 Å². The van der Waals surface area contributed by atoms with Gasteiger partial charge in [-0.1, -0.05) is 97.1 Å². The highest BCUT2D eigenvalue weighted by Crippen LogP contribution is 2.54. The molecule has 2 aliphatic heterocycles. The van der Waals surface area contributed by atoms with Crippen LogP contribution in [0.3, 0.4) is 0 Å². The number of rotatable bonds is 3. The average molecular weight is 592 g/mol. The van der Waals surface area contributed by atoms with Gasteiger partial charge >= 0.3 is 0 Å². The maximum Gasteiger partial charge on any atom is 0.153 e. The van der Waals surface area contributed by atoms with Crippen molar-refractivity contribution in [1.82, 2.24) is 4.57 Å². The second kappa shape index (κ2) is 9.75. The zero-order valence-electron chi connectivity index (χ0n) is 25.0. The second-order valence-corrected chi connectivity index (χ2v) is 12.2. The lowest BCUT2D eigenvalue weighted by molar-refractivity contribution is 0.476. The van der Waals surface area contributed by atoms with Gasteiger partial charge in [-0.15, -0.1) is 0 Å². The van der Waals surface area contributed by atoms with Crippen molar-refractivity contribution < 1.29 is 4.74 Å². The molecule has 1 aliphatic carbocycles. The maximum absolute atomic E-state index is 6.90. The molecule has 0 radical (unpaired) electrons. The number of hydrogen-bond donors (Lipinski definition) is 0. The molecular weight excluding hydrogens is 562 g/mol. The number of allylic oxidation sites excluding steroid dienone is 2. The number of fused-ring (bicyclic) bond motifs is 8. The molecule has 6 aromatic carbocycles. The molecule has 3 heterocycles. The highest BCUT2D eigenvalue weighted by molar-refractivity contribution is 6.09. The summed E-state index contributed by atoms with van der Waals surface area (Å²) in [5.41, 5.74) is 10.3. The first-order valence-electron chi connectivity index (χ1n) is 15.9. The van der Waals surface area contributed by atoms with Crippen LogP contribution in [-0.4, -0.2) is 10.6 Å². The van der Waals surface area contributed by atoms with E-state index in [1.54, 1.807) is 0 Å². The van der Waals surface area contributed by atoms with Crippen LogP contribution in [0.4, 0.5) is 28.4 Å². The van der Waals surface area contributed by atoms with E-state index in [-0.39, 0.29) is 6.04 Å². The van der Waals surface area contributed by atoms with Crippen LogP contribution in [0.2, 0.25) is 0 Å². The molecule has 1 aromatic heterocycles. The van der Waals surface area contributed by atoms with Crippen LogP contribution in [0, 0.1) is 0 Å². The lowest BCUT2D eigenvalue weighted by atomic mass is 9.91. The Kier molecular flexibility index (Phi) is 5.37. The summed E-state index contributed by atoms with van der Waals surface area (Å²) >= 11 is 0. The predicted molar refractivity (Wildman–Crippen MR) is 189 cm³/mol. The molecule has 46 heavy (non-hydrogen) atoms. The number of benzene rings is 6. The summed E-state index contributed by atoms with van der Waals surface area (Å²) in [5.74, 6) is 1.99. The van der Waals surface area contributed by atoms with Gasteiger partial charge in [0.2, 0.25) is 0 Å². The largest absolute Gasteiger partial charge is 0.453 e. The Bertz CT molecular complexity index is 2330. The van der Waals surface area contributed by atoms with Gasteiger partial charge < -0.3 is 19.1 Å². The van der Waals surface area contributed by atoms with Gasteiger partial charge in [0, 0.05) is 45.9 Å². The normalized spacial score (nSPS) is 17.5. The van der Waals surface area contributed by atoms with Crippen molar-refractivity contribution >= 4 is 50.2 Å². The van der Waals surface area contributed by atoms with Crippen LogP contribution in [0.25, 0.3) is 27.5 Å². The third kappa shape index (κ3) is 3.61. The van der Waals surface area contributed by atoms with Gasteiger partial charge in [0.25, 0.3) is 0 Å². The SMILES string of the molecule is C1=CC2c3ccccc3N(c3ccc4c(c3)Oc3cc(-n5c6ccccc6c6ccccc65)ccc3N4c3ccccc3)C2C=C1. The third-order valence-electron chi connectivity index (χ3n) is 9.68. The van der Waals surface area contributed by atoms with Crippen molar-refractivity contribution in [3.8, 4) is 17.2 Å². The predicted octanol–water partition coefficient (Wildman–Crippen LogP) is 11.1. The molecule has 4 heteroatoms. The summed E-state index contributed by atoms with van der Waals surface area (Å²) in [6.07, 6.45) is 8.97. The number of nitrogens with zero attached hydrogens (tertiary/aromatic N) is 3. The molecule has 0 saturated carbocycles. The molecule has 0 amide bonds. The second-order valence-electron chi connectivity index (χ2n) is 12.2. The topological polar surface area (TPSA) is 20.6 Å². The van der Waals surface area contributed by atoms with E-state index < -0.39 is 0 Å². The number of ether oxygens (including phenoxy) is 1. The van der Waals surface area contributed by atoms with Gasteiger partial charge in [0.15, 0.2) is 11.5 Å². The Morgan fingerprint density at radius 3 is 1.85 bits per heavy atom. The number of aromatic nitrogens is 1. The van der Waals surface area contributed by atoms with E-state index in [0.29, 0.717) is 5.92 Å². The molecule has 218 valence electrons. The minimum Gasteiger partial charge on any atom is -0.453 e. The lowest BCUT2D eigenvalue weighted by Crippen LogP contribution is -2.28. The fraction of sp³-hybridized carbons (Fsp3) is 0.0476. The zero-order chi connectivity index (χ0) is 30.2. The third-order valence-corrected chi connectivity index (χ3v) is 9.68. The molecule has 10 rings (SSSR count). The van der Waals surface area contributed by atoms with E-state index in [1.807, 2.05) is 0 Å². The van der Waals surface area contributed by atoms with Crippen LogP contribution in [0.15, 0.2) is 164 Å². The smallest absolute Gasteiger partial charge is 0.153 e. The fourth-order valence-electron chi connectivity index (χ4n) is 7.72. The highest BCUT2D eigenvalue weighted by atomic mass is 16.5. The Balaban J connectivity index is 1.15.